The van der Waals surface area contributed by atoms with Gasteiger partial charge in [-0.05, 0) is 30.3 Å². The van der Waals surface area contributed by atoms with Crippen LogP contribution in [0, 0.1) is 0 Å². The molecule has 6 nitrogen and oxygen atoms in total. The first-order valence-corrected chi connectivity index (χ1v) is 9.01. The molecule has 0 aliphatic rings. The second-order valence-corrected chi connectivity index (χ2v) is 7.08. The van der Waals surface area contributed by atoms with E-state index in [2.05, 4.69) is 31.2 Å². The highest BCUT2D eigenvalue weighted by atomic mass is 79.9. The molecule has 25 heavy (non-hydrogen) atoms. The molecule has 8 heteroatoms. The van der Waals surface area contributed by atoms with E-state index in [0.29, 0.717) is 17.3 Å². The van der Waals surface area contributed by atoms with Crippen LogP contribution < -0.4 is 9.47 Å². The van der Waals surface area contributed by atoms with Crippen LogP contribution in [0.2, 0.25) is 0 Å². The summed E-state index contributed by atoms with van der Waals surface area (Å²) in [6.07, 6.45) is 0. The van der Waals surface area contributed by atoms with Gasteiger partial charge in [-0.25, -0.2) is 0 Å². The Labute approximate surface area is 156 Å². The third-order valence-electron chi connectivity index (χ3n) is 3.70. The second-order valence-electron chi connectivity index (χ2n) is 5.21. The van der Waals surface area contributed by atoms with Gasteiger partial charge < -0.3 is 9.47 Å². The molecule has 0 spiro atoms. The van der Waals surface area contributed by atoms with Crippen molar-refractivity contribution >= 4 is 32.2 Å². The Balaban J connectivity index is 1.81. The number of hydrogen-bond acceptors (Lipinski definition) is 6. The van der Waals surface area contributed by atoms with E-state index in [4.69, 9.17) is 9.47 Å². The maximum absolute atomic E-state index is 5.37. The van der Waals surface area contributed by atoms with Gasteiger partial charge in [0.2, 0.25) is 4.96 Å². The molecule has 0 radical (unpaired) electrons. The number of fused-ring (bicyclic) bond motifs is 1. The van der Waals surface area contributed by atoms with Crippen molar-refractivity contribution in [1.29, 1.82) is 0 Å². The minimum absolute atomic E-state index is 0.638. The zero-order valence-corrected chi connectivity index (χ0v) is 15.8. The molecule has 0 fully saturated rings. The van der Waals surface area contributed by atoms with Gasteiger partial charge in [0.25, 0.3) is 0 Å². The van der Waals surface area contributed by atoms with Gasteiger partial charge in [-0.3, -0.25) is 0 Å². The number of nitrogens with zero attached hydrogens (tertiary/aromatic N) is 4. The van der Waals surface area contributed by atoms with E-state index in [-0.39, 0.29) is 0 Å². The van der Waals surface area contributed by atoms with Crippen LogP contribution in [0.1, 0.15) is 0 Å². The molecule has 2 aromatic carbocycles. The quantitative estimate of drug-likeness (QED) is 0.496. The smallest absolute Gasteiger partial charge is 0.235 e. The zero-order valence-electron chi connectivity index (χ0n) is 13.4. The van der Waals surface area contributed by atoms with Crippen molar-refractivity contribution < 1.29 is 9.47 Å². The van der Waals surface area contributed by atoms with Crippen molar-refractivity contribution in [2.75, 3.05) is 14.2 Å². The maximum Gasteiger partial charge on any atom is 0.235 e. The minimum atomic E-state index is 0.638. The molecule has 0 saturated heterocycles. The number of hydrogen-bond donors (Lipinski definition) is 0. The highest BCUT2D eigenvalue weighted by Crippen LogP contribution is 2.33. The molecule has 0 aliphatic carbocycles. The van der Waals surface area contributed by atoms with Crippen molar-refractivity contribution in [1.82, 2.24) is 19.8 Å². The first-order valence-electron chi connectivity index (χ1n) is 7.40. The lowest BCUT2D eigenvalue weighted by atomic mass is 10.2. The second kappa shape index (κ2) is 6.45. The first-order chi connectivity index (χ1) is 12.2. The third kappa shape index (κ3) is 2.87. The SMILES string of the molecule is COc1ccc(-c2nnc3sc(-c4cccc(Br)c4)nn23)cc1OC. The fourth-order valence-electron chi connectivity index (χ4n) is 2.51. The van der Waals surface area contributed by atoms with Gasteiger partial charge in [0, 0.05) is 15.6 Å². The Morgan fingerprint density at radius 2 is 1.80 bits per heavy atom. The Hall–Kier alpha value is -2.45. The van der Waals surface area contributed by atoms with Crippen molar-refractivity contribution in [2.45, 2.75) is 0 Å². The summed E-state index contributed by atoms with van der Waals surface area (Å²) in [4.78, 5) is 0.736. The fraction of sp³-hybridized carbons (Fsp3) is 0.118. The Morgan fingerprint density at radius 1 is 0.960 bits per heavy atom. The van der Waals surface area contributed by atoms with E-state index >= 15 is 0 Å². The lowest BCUT2D eigenvalue weighted by molar-refractivity contribution is 0.355. The third-order valence-corrected chi connectivity index (χ3v) is 5.15. The molecular weight excluding hydrogens is 404 g/mol. The molecule has 2 heterocycles. The van der Waals surface area contributed by atoms with Crippen LogP contribution in [0.15, 0.2) is 46.9 Å². The van der Waals surface area contributed by atoms with Crippen LogP contribution in [-0.4, -0.2) is 34.0 Å². The molecule has 2 aromatic heterocycles. The highest BCUT2D eigenvalue weighted by Gasteiger charge is 2.16. The molecule has 0 aliphatic heterocycles. The molecule has 4 aromatic rings. The number of rotatable bonds is 4. The van der Waals surface area contributed by atoms with Crippen molar-refractivity contribution in [2.24, 2.45) is 0 Å². The summed E-state index contributed by atoms with van der Waals surface area (Å²) in [5.41, 5.74) is 1.89. The molecule has 0 unspecified atom stereocenters. The number of aromatic nitrogens is 4. The van der Waals surface area contributed by atoms with Crippen LogP contribution in [0.25, 0.3) is 26.9 Å². The van der Waals surface area contributed by atoms with Crippen LogP contribution in [0.3, 0.4) is 0 Å². The van der Waals surface area contributed by atoms with E-state index in [1.54, 1.807) is 18.7 Å². The average molecular weight is 417 g/mol. The van der Waals surface area contributed by atoms with Gasteiger partial charge in [0.05, 0.1) is 14.2 Å². The molecular formula is C17H13BrN4O2S. The van der Waals surface area contributed by atoms with Crippen LogP contribution in [0.5, 0.6) is 11.5 Å². The maximum atomic E-state index is 5.37. The van der Waals surface area contributed by atoms with E-state index in [1.165, 1.54) is 11.3 Å². The van der Waals surface area contributed by atoms with Gasteiger partial charge in [-0.15, -0.1) is 10.2 Å². The van der Waals surface area contributed by atoms with Crippen LogP contribution in [0.4, 0.5) is 0 Å². The number of methoxy groups -OCH3 is 2. The van der Waals surface area contributed by atoms with E-state index < -0.39 is 0 Å². The monoisotopic (exact) mass is 416 g/mol. The lowest BCUT2D eigenvalue weighted by Gasteiger charge is -2.08. The van der Waals surface area contributed by atoms with E-state index in [1.807, 2.05) is 42.5 Å². The number of ether oxygens (including phenoxy) is 2. The summed E-state index contributed by atoms with van der Waals surface area (Å²) in [5, 5.41) is 14.1. The van der Waals surface area contributed by atoms with E-state index in [9.17, 15) is 0 Å². The average Bonchev–Trinajstić information content (AvgIpc) is 3.21. The van der Waals surface area contributed by atoms with Gasteiger partial charge in [-0.2, -0.15) is 9.61 Å². The summed E-state index contributed by atoms with van der Waals surface area (Å²) in [6.45, 7) is 0. The predicted octanol–water partition coefficient (Wildman–Crippen LogP) is 4.30. The van der Waals surface area contributed by atoms with Crippen molar-refractivity contribution in [3.05, 3.63) is 46.9 Å². The minimum Gasteiger partial charge on any atom is -0.493 e. The van der Waals surface area contributed by atoms with Gasteiger partial charge in [0.1, 0.15) is 5.01 Å². The van der Waals surface area contributed by atoms with Crippen LogP contribution in [-0.2, 0) is 0 Å². The van der Waals surface area contributed by atoms with Gasteiger partial charge >= 0.3 is 0 Å². The largest absolute Gasteiger partial charge is 0.493 e. The summed E-state index contributed by atoms with van der Waals surface area (Å²) < 4.78 is 13.4. The highest BCUT2D eigenvalue weighted by molar-refractivity contribution is 9.10. The Bertz CT molecular complexity index is 1060. The fourth-order valence-corrected chi connectivity index (χ4v) is 3.75. The Kier molecular flexibility index (Phi) is 4.14. The Morgan fingerprint density at radius 3 is 2.56 bits per heavy atom. The topological polar surface area (TPSA) is 61.5 Å². The molecule has 0 atom stereocenters. The standard InChI is InChI=1S/C17H13BrN4O2S/c1-23-13-7-6-10(9-14(13)24-2)15-19-20-17-22(15)21-16(25-17)11-4-3-5-12(18)8-11/h3-9H,1-2H3. The van der Waals surface area contributed by atoms with Crippen LogP contribution >= 0.6 is 27.3 Å². The molecule has 0 saturated carbocycles. The number of benzene rings is 2. The van der Waals surface area contributed by atoms with Crippen molar-refractivity contribution in [3.8, 4) is 33.5 Å². The zero-order chi connectivity index (χ0) is 17.4. The molecule has 4 rings (SSSR count). The predicted molar refractivity (Wildman–Crippen MR) is 100 cm³/mol. The normalized spacial score (nSPS) is 11.0. The summed E-state index contributed by atoms with van der Waals surface area (Å²) >= 11 is 4.98. The van der Waals surface area contributed by atoms with Crippen molar-refractivity contribution in [3.63, 3.8) is 0 Å². The molecule has 0 N–H and O–H groups in total. The molecule has 0 bridgehead atoms. The molecule has 0 amide bonds. The number of halogens is 1. The first kappa shape index (κ1) is 16.0. The molecule has 126 valence electrons. The van der Waals surface area contributed by atoms with Gasteiger partial charge in [-0.1, -0.05) is 39.4 Å². The lowest BCUT2D eigenvalue weighted by Crippen LogP contribution is -1.94. The van der Waals surface area contributed by atoms with Gasteiger partial charge in [0.15, 0.2) is 17.3 Å². The summed E-state index contributed by atoms with van der Waals surface area (Å²) in [5.74, 6) is 1.97. The summed E-state index contributed by atoms with van der Waals surface area (Å²) in [7, 11) is 3.22. The van der Waals surface area contributed by atoms with E-state index in [0.717, 1.165) is 25.6 Å². The summed E-state index contributed by atoms with van der Waals surface area (Å²) in [6, 6.07) is 13.6.